The van der Waals surface area contributed by atoms with Gasteiger partial charge in [-0.2, -0.15) is 0 Å². The molecule has 0 aliphatic carbocycles. The van der Waals surface area contributed by atoms with Crippen molar-refractivity contribution in [1.82, 2.24) is 0 Å². The summed E-state index contributed by atoms with van der Waals surface area (Å²) in [6, 6.07) is 0. The van der Waals surface area contributed by atoms with E-state index in [1.807, 2.05) is 41.5 Å². The maximum absolute atomic E-state index is 13.1. The number of aldehydes is 1. The Hall–Kier alpha value is -1.83. The number of hydrogen-bond donors (Lipinski definition) is 0. The van der Waals surface area contributed by atoms with Crippen LogP contribution < -0.4 is 0 Å². The molecule has 0 aliphatic rings. The number of carbonyl (C=O) groups excluding carboxylic acids is 3. The highest BCUT2D eigenvalue weighted by atomic mass is 16.5. The second-order valence-electron chi connectivity index (χ2n) is 10.1. The van der Waals surface area contributed by atoms with Crippen LogP contribution >= 0.6 is 0 Å². The highest BCUT2D eigenvalue weighted by molar-refractivity contribution is 5.70. The summed E-state index contributed by atoms with van der Waals surface area (Å²) < 4.78 is 17.1. The number of esters is 2. The first-order valence-corrected chi connectivity index (χ1v) is 12.2. The standard InChI is InChI=1S/C25H46NO7/c1-8-26(30)25(11-9-23(28)32-16-20(4)5,12-10-24(29)33-17-21(6)7)13-22(14-27)18-31-15-19(2)3/h14,19-22H,8-13,15-18H2,1-7H3/q+1. The van der Waals surface area contributed by atoms with Crippen LogP contribution in [-0.2, 0) is 28.6 Å². The maximum Gasteiger partial charge on any atom is 0.306 e. The van der Waals surface area contributed by atoms with Crippen molar-refractivity contribution in [3.63, 3.8) is 0 Å². The van der Waals surface area contributed by atoms with Crippen LogP contribution in [0, 0.1) is 28.6 Å². The number of hydrogen-bond acceptors (Lipinski definition) is 7. The van der Waals surface area contributed by atoms with Gasteiger partial charge in [0.25, 0.3) is 0 Å². The molecule has 0 aromatic rings. The lowest BCUT2D eigenvalue weighted by atomic mass is 9.80. The smallest absolute Gasteiger partial charge is 0.306 e. The second kappa shape index (κ2) is 16.7. The predicted octanol–water partition coefficient (Wildman–Crippen LogP) is 4.36. The van der Waals surface area contributed by atoms with Crippen LogP contribution in [0.5, 0.6) is 0 Å². The van der Waals surface area contributed by atoms with Gasteiger partial charge in [0.2, 0.25) is 5.54 Å². The lowest BCUT2D eigenvalue weighted by molar-refractivity contribution is -0.629. The zero-order valence-electron chi connectivity index (χ0n) is 21.8. The van der Waals surface area contributed by atoms with Gasteiger partial charge in [0.1, 0.15) is 6.29 Å². The quantitative estimate of drug-likeness (QED) is 0.156. The Balaban J connectivity index is 5.54. The van der Waals surface area contributed by atoms with Crippen molar-refractivity contribution in [3.05, 3.63) is 4.91 Å². The third kappa shape index (κ3) is 14.1. The zero-order chi connectivity index (χ0) is 25.4. The average Bonchev–Trinajstić information content (AvgIpc) is 2.76. The number of rotatable bonds is 19. The van der Waals surface area contributed by atoms with Gasteiger partial charge in [-0.1, -0.05) is 41.5 Å². The Morgan fingerprint density at radius 2 is 1.27 bits per heavy atom. The van der Waals surface area contributed by atoms with Gasteiger partial charge >= 0.3 is 11.9 Å². The molecule has 0 radical (unpaired) electrons. The van der Waals surface area contributed by atoms with E-state index in [0.717, 1.165) is 11.0 Å². The molecule has 0 aromatic carbocycles. The Bertz CT molecular complexity index is 574. The fraction of sp³-hybridized carbons (Fsp3) is 0.880. The summed E-state index contributed by atoms with van der Waals surface area (Å²) in [4.78, 5) is 49.5. The van der Waals surface area contributed by atoms with E-state index in [1.165, 1.54) is 0 Å². The van der Waals surface area contributed by atoms with E-state index in [2.05, 4.69) is 0 Å². The van der Waals surface area contributed by atoms with E-state index in [4.69, 9.17) is 14.2 Å². The fourth-order valence-corrected chi connectivity index (χ4v) is 3.44. The number of carbonyl (C=O) groups is 3. The van der Waals surface area contributed by atoms with Crippen molar-refractivity contribution < 1.29 is 33.4 Å². The molecule has 0 aromatic heterocycles. The van der Waals surface area contributed by atoms with Crippen LogP contribution in [0.2, 0.25) is 0 Å². The molecule has 1 atom stereocenters. The Morgan fingerprint density at radius 1 is 0.818 bits per heavy atom. The van der Waals surface area contributed by atoms with Crippen molar-refractivity contribution in [2.75, 3.05) is 33.0 Å². The van der Waals surface area contributed by atoms with Crippen LogP contribution in [0.15, 0.2) is 0 Å². The molecule has 0 heterocycles. The van der Waals surface area contributed by atoms with Gasteiger partial charge in [0, 0.05) is 41.5 Å². The topological polar surface area (TPSA) is 99.0 Å². The summed E-state index contributed by atoms with van der Waals surface area (Å²) in [5, 5.41) is 0. The van der Waals surface area contributed by atoms with Gasteiger partial charge in [0.15, 0.2) is 6.54 Å². The molecule has 8 heteroatoms. The summed E-state index contributed by atoms with van der Waals surface area (Å²) in [5.41, 5.74) is -1.07. The lowest BCUT2D eigenvalue weighted by Gasteiger charge is -2.28. The highest BCUT2D eigenvalue weighted by Crippen LogP contribution is 2.32. The van der Waals surface area contributed by atoms with E-state index in [0.29, 0.717) is 25.7 Å². The van der Waals surface area contributed by atoms with Gasteiger partial charge in [-0.25, -0.2) is 0 Å². The lowest BCUT2D eigenvalue weighted by Crippen LogP contribution is -2.45. The molecule has 192 valence electrons. The van der Waals surface area contributed by atoms with E-state index >= 15 is 0 Å². The largest absolute Gasteiger partial charge is 0.465 e. The van der Waals surface area contributed by atoms with Gasteiger partial charge < -0.3 is 19.0 Å². The molecule has 0 spiro atoms. The predicted molar refractivity (Wildman–Crippen MR) is 127 cm³/mol. The van der Waals surface area contributed by atoms with Crippen molar-refractivity contribution >= 4 is 18.2 Å². The Labute approximate surface area is 199 Å². The monoisotopic (exact) mass is 472 g/mol. The molecule has 0 saturated heterocycles. The minimum atomic E-state index is -1.07. The van der Waals surface area contributed by atoms with E-state index in [9.17, 15) is 19.3 Å². The van der Waals surface area contributed by atoms with Crippen LogP contribution in [0.1, 0.15) is 80.6 Å². The zero-order valence-corrected chi connectivity index (χ0v) is 21.8. The third-order valence-electron chi connectivity index (χ3n) is 5.18. The molecule has 8 nitrogen and oxygen atoms in total. The minimum Gasteiger partial charge on any atom is -0.465 e. The average molecular weight is 473 g/mol. The van der Waals surface area contributed by atoms with Gasteiger partial charge in [-0.05, 0) is 24.7 Å². The third-order valence-corrected chi connectivity index (χ3v) is 5.18. The molecule has 0 saturated carbocycles. The van der Waals surface area contributed by atoms with Crippen molar-refractivity contribution in [1.29, 1.82) is 0 Å². The molecule has 33 heavy (non-hydrogen) atoms. The molecule has 0 fully saturated rings. The van der Waals surface area contributed by atoms with Crippen molar-refractivity contribution in [3.8, 4) is 0 Å². The molecule has 0 bridgehead atoms. The van der Waals surface area contributed by atoms with E-state index < -0.39 is 23.4 Å². The normalized spacial score (nSPS) is 12.8. The Morgan fingerprint density at radius 3 is 1.64 bits per heavy atom. The SMILES string of the molecule is CC[N+](=O)C(CCC(=O)OCC(C)C)(CCC(=O)OCC(C)C)CC(C=O)COCC(C)C. The Kier molecular flexibility index (Phi) is 15.8. The summed E-state index contributed by atoms with van der Waals surface area (Å²) in [7, 11) is 0. The van der Waals surface area contributed by atoms with E-state index in [1.54, 1.807) is 6.92 Å². The van der Waals surface area contributed by atoms with Gasteiger partial charge in [0.05, 0.1) is 32.7 Å². The number of nitroso groups, excluding NO2 is 1. The van der Waals surface area contributed by atoms with Gasteiger partial charge in [-0.15, -0.1) is 0 Å². The highest BCUT2D eigenvalue weighted by Gasteiger charge is 2.46. The van der Waals surface area contributed by atoms with Crippen LogP contribution in [0.4, 0.5) is 0 Å². The summed E-state index contributed by atoms with van der Waals surface area (Å²) >= 11 is 0. The van der Waals surface area contributed by atoms with Crippen LogP contribution in [0.3, 0.4) is 0 Å². The molecular weight excluding hydrogens is 426 g/mol. The molecule has 0 amide bonds. The van der Waals surface area contributed by atoms with Crippen molar-refractivity contribution in [2.24, 2.45) is 23.7 Å². The maximum atomic E-state index is 13.1. The first kappa shape index (κ1) is 31.2. The number of nitrogens with zero attached hydrogens (tertiary/aromatic N) is 1. The minimum absolute atomic E-state index is 0.0327. The molecule has 0 N–H and O–H groups in total. The van der Waals surface area contributed by atoms with Gasteiger partial charge in [-0.3, -0.25) is 9.59 Å². The summed E-state index contributed by atoms with van der Waals surface area (Å²) in [6.45, 7) is 15.0. The second-order valence-corrected chi connectivity index (χ2v) is 10.1. The molecule has 1 unspecified atom stereocenters. The van der Waals surface area contributed by atoms with Crippen LogP contribution in [-0.4, -0.2) is 61.5 Å². The number of ether oxygens (including phenoxy) is 3. The summed E-state index contributed by atoms with van der Waals surface area (Å²) in [5.74, 6) is -0.570. The first-order valence-electron chi connectivity index (χ1n) is 12.2. The first-order chi connectivity index (χ1) is 15.5. The van der Waals surface area contributed by atoms with Crippen LogP contribution in [0.25, 0.3) is 0 Å². The fourth-order valence-electron chi connectivity index (χ4n) is 3.44. The molecule has 0 rings (SSSR count). The molecule has 0 aliphatic heterocycles. The van der Waals surface area contributed by atoms with E-state index in [-0.39, 0.29) is 57.1 Å². The van der Waals surface area contributed by atoms with Crippen molar-refractivity contribution in [2.45, 2.75) is 86.1 Å². The molecular formula is C25H46NO7+. The summed E-state index contributed by atoms with van der Waals surface area (Å²) in [6.07, 6.45) is 1.43.